The van der Waals surface area contributed by atoms with Crippen LogP contribution in [0.3, 0.4) is 0 Å². The SMILES string of the molecule is CC(CNCc1c(F)cc(C#N)cc1F)c1ccccc1. The van der Waals surface area contributed by atoms with E-state index in [4.69, 9.17) is 5.26 Å². The van der Waals surface area contributed by atoms with E-state index in [-0.39, 0.29) is 23.6 Å². The third-order valence-corrected chi connectivity index (χ3v) is 3.39. The highest BCUT2D eigenvalue weighted by atomic mass is 19.1. The number of nitriles is 1. The maximum absolute atomic E-state index is 13.7. The minimum absolute atomic E-state index is 0.00796. The number of rotatable bonds is 5. The predicted octanol–water partition coefficient (Wildman–Crippen LogP) is 3.73. The summed E-state index contributed by atoms with van der Waals surface area (Å²) in [7, 11) is 0. The first-order valence-electron chi connectivity index (χ1n) is 6.75. The first-order chi connectivity index (χ1) is 10.1. The molecule has 2 nitrogen and oxygen atoms in total. The second kappa shape index (κ2) is 6.96. The molecular weight excluding hydrogens is 270 g/mol. The Kier molecular flexibility index (Phi) is 5.02. The maximum atomic E-state index is 13.7. The lowest BCUT2D eigenvalue weighted by molar-refractivity contribution is 0.526. The van der Waals surface area contributed by atoms with Crippen LogP contribution in [0.5, 0.6) is 0 Å². The van der Waals surface area contributed by atoms with Crippen LogP contribution in [0.25, 0.3) is 0 Å². The van der Waals surface area contributed by atoms with E-state index in [1.54, 1.807) is 6.07 Å². The predicted molar refractivity (Wildman–Crippen MR) is 77.6 cm³/mol. The quantitative estimate of drug-likeness (QED) is 0.909. The largest absolute Gasteiger partial charge is 0.312 e. The van der Waals surface area contributed by atoms with Gasteiger partial charge in [-0.05, 0) is 23.6 Å². The summed E-state index contributed by atoms with van der Waals surface area (Å²) in [5.74, 6) is -1.13. The van der Waals surface area contributed by atoms with Gasteiger partial charge in [0.15, 0.2) is 0 Å². The van der Waals surface area contributed by atoms with Crippen LogP contribution in [0.1, 0.15) is 29.5 Å². The molecule has 2 rings (SSSR count). The summed E-state index contributed by atoms with van der Waals surface area (Å²) < 4.78 is 27.4. The highest BCUT2D eigenvalue weighted by molar-refractivity contribution is 5.34. The molecule has 0 aliphatic heterocycles. The lowest BCUT2D eigenvalue weighted by Gasteiger charge is -2.13. The Morgan fingerprint density at radius 1 is 1.14 bits per heavy atom. The molecule has 1 N–H and O–H groups in total. The third kappa shape index (κ3) is 3.87. The zero-order chi connectivity index (χ0) is 15.2. The Bertz CT molecular complexity index is 625. The summed E-state index contributed by atoms with van der Waals surface area (Å²) in [5.41, 5.74) is 1.13. The van der Waals surface area contributed by atoms with Gasteiger partial charge in [0.1, 0.15) is 11.6 Å². The van der Waals surface area contributed by atoms with Gasteiger partial charge in [0.05, 0.1) is 11.6 Å². The van der Waals surface area contributed by atoms with Crippen molar-refractivity contribution in [1.82, 2.24) is 5.32 Å². The van der Waals surface area contributed by atoms with Crippen LogP contribution in [0, 0.1) is 23.0 Å². The summed E-state index contributed by atoms with van der Waals surface area (Å²) in [6.45, 7) is 2.76. The molecule has 0 amide bonds. The average molecular weight is 286 g/mol. The molecule has 0 saturated heterocycles. The maximum Gasteiger partial charge on any atom is 0.131 e. The van der Waals surface area contributed by atoms with Crippen molar-refractivity contribution in [2.45, 2.75) is 19.4 Å². The van der Waals surface area contributed by atoms with Crippen molar-refractivity contribution < 1.29 is 8.78 Å². The minimum atomic E-state index is -0.689. The van der Waals surface area contributed by atoms with Crippen molar-refractivity contribution >= 4 is 0 Å². The summed E-state index contributed by atoms with van der Waals surface area (Å²) in [5, 5.41) is 11.7. The number of hydrogen-bond acceptors (Lipinski definition) is 2. The molecule has 0 aliphatic carbocycles. The van der Waals surface area contributed by atoms with Crippen LogP contribution in [-0.2, 0) is 6.54 Å². The van der Waals surface area contributed by atoms with Gasteiger partial charge in [-0.2, -0.15) is 5.26 Å². The fourth-order valence-electron chi connectivity index (χ4n) is 2.15. The molecule has 0 spiro atoms. The first-order valence-corrected chi connectivity index (χ1v) is 6.75. The molecule has 0 fully saturated rings. The van der Waals surface area contributed by atoms with E-state index in [1.165, 1.54) is 5.56 Å². The molecule has 1 unspecified atom stereocenters. The van der Waals surface area contributed by atoms with E-state index in [2.05, 4.69) is 5.32 Å². The van der Waals surface area contributed by atoms with Crippen molar-refractivity contribution in [3.63, 3.8) is 0 Å². The number of halogens is 2. The molecule has 2 aromatic rings. The van der Waals surface area contributed by atoms with Crippen LogP contribution in [0.2, 0.25) is 0 Å². The molecule has 0 heterocycles. The molecule has 0 aromatic heterocycles. The fourth-order valence-corrected chi connectivity index (χ4v) is 2.15. The number of nitrogens with one attached hydrogen (secondary N) is 1. The van der Waals surface area contributed by atoms with E-state index >= 15 is 0 Å². The fraction of sp³-hybridized carbons (Fsp3) is 0.235. The zero-order valence-corrected chi connectivity index (χ0v) is 11.7. The van der Waals surface area contributed by atoms with Crippen LogP contribution in [0.4, 0.5) is 8.78 Å². The normalized spacial score (nSPS) is 11.9. The summed E-state index contributed by atoms with van der Waals surface area (Å²) in [6, 6.07) is 13.8. The van der Waals surface area contributed by atoms with E-state index in [1.807, 2.05) is 37.3 Å². The molecule has 2 aromatic carbocycles. The van der Waals surface area contributed by atoms with Gasteiger partial charge < -0.3 is 5.32 Å². The third-order valence-electron chi connectivity index (χ3n) is 3.39. The molecule has 1 atom stereocenters. The Labute approximate surface area is 123 Å². The molecule has 0 radical (unpaired) electrons. The summed E-state index contributed by atoms with van der Waals surface area (Å²) >= 11 is 0. The highest BCUT2D eigenvalue weighted by Crippen LogP contribution is 2.16. The van der Waals surface area contributed by atoms with Crippen molar-refractivity contribution in [3.05, 3.63) is 70.8 Å². The lowest BCUT2D eigenvalue weighted by atomic mass is 10.0. The average Bonchev–Trinajstić information content (AvgIpc) is 2.50. The molecule has 0 aliphatic rings. The number of hydrogen-bond donors (Lipinski definition) is 1. The van der Waals surface area contributed by atoms with Gasteiger partial charge in [0.2, 0.25) is 0 Å². The Morgan fingerprint density at radius 2 is 1.76 bits per heavy atom. The van der Waals surface area contributed by atoms with E-state index in [0.29, 0.717) is 6.54 Å². The Morgan fingerprint density at radius 3 is 2.33 bits per heavy atom. The second-order valence-electron chi connectivity index (χ2n) is 4.97. The van der Waals surface area contributed by atoms with Gasteiger partial charge >= 0.3 is 0 Å². The van der Waals surface area contributed by atoms with Gasteiger partial charge in [-0.25, -0.2) is 8.78 Å². The van der Waals surface area contributed by atoms with Gasteiger partial charge in [-0.15, -0.1) is 0 Å². The van der Waals surface area contributed by atoms with E-state index in [0.717, 1.165) is 12.1 Å². The second-order valence-corrected chi connectivity index (χ2v) is 4.97. The van der Waals surface area contributed by atoms with Gasteiger partial charge in [0.25, 0.3) is 0 Å². The van der Waals surface area contributed by atoms with Crippen LogP contribution in [0.15, 0.2) is 42.5 Å². The smallest absolute Gasteiger partial charge is 0.131 e. The molecule has 0 bridgehead atoms. The van der Waals surface area contributed by atoms with Crippen molar-refractivity contribution in [2.75, 3.05) is 6.54 Å². The molecule has 0 saturated carbocycles. The van der Waals surface area contributed by atoms with Crippen LogP contribution < -0.4 is 5.32 Å². The number of benzene rings is 2. The monoisotopic (exact) mass is 286 g/mol. The van der Waals surface area contributed by atoms with Gasteiger partial charge in [-0.3, -0.25) is 0 Å². The van der Waals surface area contributed by atoms with Crippen LogP contribution in [-0.4, -0.2) is 6.54 Å². The molecule has 4 heteroatoms. The molecular formula is C17H16F2N2. The van der Waals surface area contributed by atoms with E-state index in [9.17, 15) is 8.78 Å². The lowest BCUT2D eigenvalue weighted by Crippen LogP contribution is -2.21. The first kappa shape index (κ1) is 15.1. The zero-order valence-electron chi connectivity index (χ0n) is 11.7. The Balaban J connectivity index is 1.97. The minimum Gasteiger partial charge on any atom is -0.312 e. The van der Waals surface area contributed by atoms with Crippen molar-refractivity contribution in [2.24, 2.45) is 0 Å². The summed E-state index contributed by atoms with van der Waals surface area (Å²) in [6.07, 6.45) is 0. The van der Waals surface area contributed by atoms with Crippen molar-refractivity contribution in [3.8, 4) is 6.07 Å². The number of nitrogens with zero attached hydrogens (tertiary/aromatic N) is 1. The highest BCUT2D eigenvalue weighted by Gasteiger charge is 2.12. The van der Waals surface area contributed by atoms with Gasteiger partial charge in [-0.1, -0.05) is 37.3 Å². The van der Waals surface area contributed by atoms with Crippen molar-refractivity contribution in [1.29, 1.82) is 5.26 Å². The molecule has 21 heavy (non-hydrogen) atoms. The Hall–Kier alpha value is -2.25. The van der Waals surface area contributed by atoms with E-state index < -0.39 is 11.6 Å². The van der Waals surface area contributed by atoms with Gasteiger partial charge in [0, 0.05) is 18.7 Å². The summed E-state index contributed by atoms with van der Waals surface area (Å²) in [4.78, 5) is 0. The van der Waals surface area contributed by atoms with Crippen LogP contribution >= 0.6 is 0 Å². The topological polar surface area (TPSA) is 35.8 Å². The standard InChI is InChI=1S/C17H16F2N2/c1-12(14-5-3-2-4-6-14)10-21-11-15-16(18)7-13(9-20)8-17(15)19/h2-8,12,21H,10-11H2,1H3. The molecule has 108 valence electrons.